The van der Waals surface area contributed by atoms with Gasteiger partial charge in [0.05, 0.1) is 6.10 Å². The summed E-state index contributed by atoms with van der Waals surface area (Å²) >= 11 is 0. The SMILES string of the molecule is O=C(CC1CCCN1)N1CCC[C@H](O)C1. The van der Waals surface area contributed by atoms with Crippen LogP contribution < -0.4 is 5.32 Å². The van der Waals surface area contributed by atoms with Crippen molar-refractivity contribution in [3.63, 3.8) is 0 Å². The van der Waals surface area contributed by atoms with E-state index in [1.54, 1.807) is 0 Å². The molecule has 2 aliphatic rings. The summed E-state index contributed by atoms with van der Waals surface area (Å²) in [6, 6.07) is 0.372. The number of hydrogen-bond acceptors (Lipinski definition) is 3. The fourth-order valence-electron chi connectivity index (χ4n) is 2.45. The quantitative estimate of drug-likeness (QED) is 0.683. The number of nitrogens with one attached hydrogen (secondary N) is 1. The van der Waals surface area contributed by atoms with Gasteiger partial charge in [0, 0.05) is 25.6 Å². The van der Waals surface area contributed by atoms with Gasteiger partial charge in [-0.2, -0.15) is 0 Å². The van der Waals surface area contributed by atoms with Crippen LogP contribution in [0.2, 0.25) is 0 Å². The fraction of sp³-hybridized carbons (Fsp3) is 0.909. The van der Waals surface area contributed by atoms with E-state index in [1.807, 2.05) is 4.90 Å². The minimum absolute atomic E-state index is 0.202. The first kappa shape index (κ1) is 10.9. The molecule has 2 aliphatic heterocycles. The highest BCUT2D eigenvalue weighted by atomic mass is 16.3. The molecule has 2 saturated heterocycles. The van der Waals surface area contributed by atoms with Crippen LogP contribution in [0.5, 0.6) is 0 Å². The molecule has 0 aromatic carbocycles. The molecule has 0 aromatic rings. The van der Waals surface area contributed by atoms with Crippen molar-refractivity contribution < 1.29 is 9.90 Å². The first-order valence-corrected chi connectivity index (χ1v) is 5.95. The average Bonchev–Trinajstić information content (AvgIpc) is 2.70. The zero-order valence-corrected chi connectivity index (χ0v) is 9.11. The summed E-state index contributed by atoms with van der Waals surface area (Å²) in [6.45, 7) is 2.40. The van der Waals surface area contributed by atoms with Gasteiger partial charge in [0.1, 0.15) is 0 Å². The largest absolute Gasteiger partial charge is 0.391 e. The number of amides is 1. The molecule has 0 saturated carbocycles. The Hall–Kier alpha value is -0.610. The molecule has 0 spiro atoms. The summed E-state index contributed by atoms with van der Waals surface area (Å²) in [6.07, 6.45) is 4.37. The normalized spacial score (nSPS) is 31.9. The maximum atomic E-state index is 11.9. The number of rotatable bonds is 2. The van der Waals surface area contributed by atoms with E-state index in [0.717, 1.165) is 32.4 Å². The first-order valence-electron chi connectivity index (χ1n) is 5.95. The monoisotopic (exact) mass is 212 g/mol. The van der Waals surface area contributed by atoms with Gasteiger partial charge in [-0.3, -0.25) is 4.79 Å². The Balaban J connectivity index is 1.78. The van der Waals surface area contributed by atoms with Crippen LogP contribution in [0.1, 0.15) is 32.1 Å². The van der Waals surface area contributed by atoms with Crippen molar-refractivity contribution in [1.82, 2.24) is 10.2 Å². The second kappa shape index (κ2) is 4.94. The van der Waals surface area contributed by atoms with Gasteiger partial charge in [0.25, 0.3) is 0 Å². The Labute approximate surface area is 90.6 Å². The summed E-state index contributed by atoms with van der Waals surface area (Å²) in [4.78, 5) is 13.7. The van der Waals surface area contributed by atoms with Gasteiger partial charge in [-0.05, 0) is 32.2 Å². The summed E-state index contributed by atoms with van der Waals surface area (Å²) in [5.41, 5.74) is 0. The average molecular weight is 212 g/mol. The number of piperidine rings is 1. The molecule has 0 radical (unpaired) electrons. The molecule has 4 heteroatoms. The van der Waals surface area contributed by atoms with Gasteiger partial charge in [-0.15, -0.1) is 0 Å². The Morgan fingerprint density at radius 3 is 2.93 bits per heavy atom. The topological polar surface area (TPSA) is 52.6 Å². The van der Waals surface area contributed by atoms with Crippen molar-refractivity contribution in [2.24, 2.45) is 0 Å². The van der Waals surface area contributed by atoms with Gasteiger partial charge >= 0.3 is 0 Å². The van der Waals surface area contributed by atoms with E-state index in [2.05, 4.69) is 5.32 Å². The molecule has 2 atom stereocenters. The molecule has 0 bridgehead atoms. The third kappa shape index (κ3) is 2.92. The highest BCUT2D eigenvalue weighted by Crippen LogP contribution is 2.14. The lowest BCUT2D eigenvalue weighted by molar-refractivity contribution is -0.134. The maximum Gasteiger partial charge on any atom is 0.224 e. The third-order valence-corrected chi connectivity index (χ3v) is 3.33. The lowest BCUT2D eigenvalue weighted by Crippen LogP contribution is -2.44. The summed E-state index contributed by atoms with van der Waals surface area (Å²) in [5, 5.41) is 12.8. The van der Waals surface area contributed by atoms with Crippen molar-refractivity contribution in [2.75, 3.05) is 19.6 Å². The van der Waals surface area contributed by atoms with Crippen LogP contribution in [0.3, 0.4) is 0 Å². The molecule has 1 unspecified atom stereocenters. The molecule has 15 heavy (non-hydrogen) atoms. The van der Waals surface area contributed by atoms with Crippen LogP contribution in [0.4, 0.5) is 0 Å². The summed E-state index contributed by atoms with van der Waals surface area (Å²) < 4.78 is 0. The van der Waals surface area contributed by atoms with Crippen LogP contribution >= 0.6 is 0 Å². The Kier molecular flexibility index (Phi) is 3.59. The number of aliphatic hydroxyl groups is 1. The van der Waals surface area contributed by atoms with Gasteiger partial charge < -0.3 is 15.3 Å². The van der Waals surface area contributed by atoms with E-state index in [4.69, 9.17) is 0 Å². The van der Waals surface area contributed by atoms with Gasteiger partial charge in [-0.25, -0.2) is 0 Å². The first-order chi connectivity index (χ1) is 7.25. The second-order valence-corrected chi connectivity index (χ2v) is 4.63. The van der Waals surface area contributed by atoms with E-state index in [-0.39, 0.29) is 12.0 Å². The molecule has 1 amide bonds. The van der Waals surface area contributed by atoms with E-state index in [9.17, 15) is 9.90 Å². The number of carbonyl (C=O) groups is 1. The van der Waals surface area contributed by atoms with Crippen LogP contribution in [0.15, 0.2) is 0 Å². The molecule has 0 aromatic heterocycles. The van der Waals surface area contributed by atoms with Crippen molar-refractivity contribution in [3.8, 4) is 0 Å². The molecule has 4 nitrogen and oxygen atoms in total. The van der Waals surface area contributed by atoms with E-state index >= 15 is 0 Å². The molecule has 2 N–H and O–H groups in total. The van der Waals surface area contributed by atoms with Gasteiger partial charge in [0.2, 0.25) is 5.91 Å². The number of hydrogen-bond donors (Lipinski definition) is 2. The van der Waals surface area contributed by atoms with Crippen LogP contribution in [-0.4, -0.2) is 47.7 Å². The highest BCUT2D eigenvalue weighted by molar-refractivity contribution is 5.77. The smallest absolute Gasteiger partial charge is 0.224 e. The summed E-state index contributed by atoms with van der Waals surface area (Å²) in [7, 11) is 0. The lowest BCUT2D eigenvalue weighted by Gasteiger charge is -2.30. The second-order valence-electron chi connectivity index (χ2n) is 4.63. The molecule has 2 heterocycles. The molecular formula is C11H20N2O2. The van der Waals surface area contributed by atoms with Crippen LogP contribution in [-0.2, 0) is 4.79 Å². The lowest BCUT2D eigenvalue weighted by atomic mass is 10.1. The third-order valence-electron chi connectivity index (χ3n) is 3.33. The molecule has 0 aliphatic carbocycles. The minimum Gasteiger partial charge on any atom is -0.391 e. The number of carbonyl (C=O) groups excluding carboxylic acids is 1. The Bertz CT molecular complexity index is 227. The van der Waals surface area contributed by atoms with E-state index < -0.39 is 0 Å². The molecule has 86 valence electrons. The standard InChI is InChI=1S/C11H20N2O2/c14-10-4-2-6-13(8-10)11(15)7-9-3-1-5-12-9/h9-10,12,14H,1-8H2/t9?,10-/m0/s1. The van der Waals surface area contributed by atoms with E-state index in [1.165, 1.54) is 6.42 Å². The number of aliphatic hydroxyl groups excluding tert-OH is 1. The van der Waals surface area contributed by atoms with Crippen molar-refractivity contribution in [2.45, 2.75) is 44.2 Å². The van der Waals surface area contributed by atoms with E-state index in [0.29, 0.717) is 19.0 Å². The van der Waals surface area contributed by atoms with Crippen molar-refractivity contribution >= 4 is 5.91 Å². The molecular weight excluding hydrogens is 192 g/mol. The zero-order chi connectivity index (χ0) is 10.7. The Morgan fingerprint density at radius 1 is 1.40 bits per heavy atom. The van der Waals surface area contributed by atoms with Gasteiger partial charge in [0.15, 0.2) is 0 Å². The number of likely N-dealkylation sites (tertiary alicyclic amines) is 1. The Morgan fingerprint density at radius 2 is 2.27 bits per heavy atom. The molecule has 2 fully saturated rings. The van der Waals surface area contributed by atoms with Crippen molar-refractivity contribution in [3.05, 3.63) is 0 Å². The number of β-amino-alcohol motifs (C(OH)–C–C–N with tert-alkyl or cyclic N) is 1. The van der Waals surface area contributed by atoms with Crippen molar-refractivity contribution in [1.29, 1.82) is 0 Å². The number of nitrogens with zero attached hydrogens (tertiary/aromatic N) is 1. The fourth-order valence-corrected chi connectivity index (χ4v) is 2.45. The highest BCUT2D eigenvalue weighted by Gasteiger charge is 2.25. The predicted octanol–water partition coefficient (Wildman–Crippen LogP) is 0.112. The van der Waals surface area contributed by atoms with Gasteiger partial charge in [-0.1, -0.05) is 0 Å². The minimum atomic E-state index is -0.306. The summed E-state index contributed by atoms with van der Waals surface area (Å²) in [5.74, 6) is 0.202. The predicted molar refractivity (Wildman–Crippen MR) is 57.5 cm³/mol. The van der Waals surface area contributed by atoms with Crippen LogP contribution in [0, 0.1) is 0 Å². The molecule has 2 rings (SSSR count). The van der Waals surface area contributed by atoms with Crippen LogP contribution in [0.25, 0.3) is 0 Å². The zero-order valence-electron chi connectivity index (χ0n) is 9.11. The maximum absolute atomic E-state index is 11.9.